The van der Waals surface area contributed by atoms with Crippen LogP contribution in [0.25, 0.3) is 0 Å². The van der Waals surface area contributed by atoms with E-state index in [-0.39, 0.29) is 29.6 Å². The Bertz CT molecular complexity index is 782. The van der Waals surface area contributed by atoms with Gasteiger partial charge in [-0.25, -0.2) is 4.63 Å². The van der Waals surface area contributed by atoms with Gasteiger partial charge in [0.15, 0.2) is 6.61 Å². The number of benzene rings is 1. The third kappa shape index (κ3) is 7.23. The molecule has 0 saturated carbocycles. The highest BCUT2D eigenvalue weighted by molar-refractivity contribution is 5.95. The van der Waals surface area contributed by atoms with E-state index < -0.39 is 5.91 Å². The average Bonchev–Trinajstić information content (AvgIpc) is 3.05. The van der Waals surface area contributed by atoms with Gasteiger partial charge in [0, 0.05) is 25.2 Å². The SMILES string of the molecule is CC(C)(C)NC(=O)COc1ccc(CNCCNC(=O)c2nonc2N)cc1. The smallest absolute Gasteiger partial charge is 0.277 e. The summed E-state index contributed by atoms with van der Waals surface area (Å²) in [4.78, 5) is 23.5. The second kappa shape index (κ2) is 9.70. The second-order valence-electron chi connectivity index (χ2n) is 7.16. The Morgan fingerprint density at radius 1 is 1.14 bits per heavy atom. The topological polar surface area (TPSA) is 144 Å². The molecule has 28 heavy (non-hydrogen) atoms. The van der Waals surface area contributed by atoms with Gasteiger partial charge < -0.3 is 26.4 Å². The molecule has 2 rings (SSSR count). The van der Waals surface area contributed by atoms with Gasteiger partial charge in [-0.05, 0) is 48.8 Å². The fourth-order valence-electron chi connectivity index (χ4n) is 2.24. The van der Waals surface area contributed by atoms with Crippen LogP contribution in [0.4, 0.5) is 5.82 Å². The number of amides is 2. The van der Waals surface area contributed by atoms with Gasteiger partial charge in [-0.3, -0.25) is 9.59 Å². The molecule has 1 heterocycles. The molecule has 0 spiro atoms. The van der Waals surface area contributed by atoms with E-state index in [1.54, 1.807) is 0 Å². The van der Waals surface area contributed by atoms with Crippen LogP contribution >= 0.6 is 0 Å². The molecule has 0 aliphatic rings. The molecule has 0 bridgehead atoms. The summed E-state index contributed by atoms with van der Waals surface area (Å²) in [7, 11) is 0. The average molecular weight is 390 g/mol. The Morgan fingerprint density at radius 2 is 1.86 bits per heavy atom. The first-order chi connectivity index (χ1) is 13.2. The third-order valence-electron chi connectivity index (χ3n) is 3.45. The van der Waals surface area contributed by atoms with Crippen LogP contribution in [-0.2, 0) is 11.3 Å². The Balaban J connectivity index is 1.64. The number of hydrogen-bond acceptors (Lipinski definition) is 8. The van der Waals surface area contributed by atoms with E-state index in [1.807, 2.05) is 45.0 Å². The molecule has 0 aliphatic carbocycles. The van der Waals surface area contributed by atoms with Crippen molar-refractivity contribution < 1.29 is 19.0 Å². The zero-order valence-electron chi connectivity index (χ0n) is 16.2. The number of rotatable bonds is 9. The minimum absolute atomic E-state index is 0.0215. The zero-order chi connectivity index (χ0) is 20.6. The van der Waals surface area contributed by atoms with Crippen LogP contribution in [0.3, 0.4) is 0 Å². The van der Waals surface area contributed by atoms with Crippen LogP contribution in [0.2, 0.25) is 0 Å². The van der Waals surface area contributed by atoms with Gasteiger partial charge in [0.05, 0.1) is 0 Å². The fraction of sp³-hybridized carbons (Fsp3) is 0.444. The second-order valence-corrected chi connectivity index (χ2v) is 7.16. The van der Waals surface area contributed by atoms with Crippen molar-refractivity contribution in [3.05, 3.63) is 35.5 Å². The third-order valence-corrected chi connectivity index (χ3v) is 3.45. The Kier molecular flexibility index (Phi) is 7.33. The highest BCUT2D eigenvalue weighted by Gasteiger charge is 2.15. The van der Waals surface area contributed by atoms with Crippen molar-refractivity contribution in [2.24, 2.45) is 0 Å². The Morgan fingerprint density at radius 3 is 2.46 bits per heavy atom. The lowest BCUT2D eigenvalue weighted by Crippen LogP contribution is -2.43. The summed E-state index contributed by atoms with van der Waals surface area (Å²) in [6.07, 6.45) is 0. The monoisotopic (exact) mass is 390 g/mol. The predicted molar refractivity (Wildman–Crippen MR) is 103 cm³/mol. The first kappa shape index (κ1) is 21.2. The van der Waals surface area contributed by atoms with Crippen LogP contribution < -0.4 is 26.4 Å². The summed E-state index contributed by atoms with van der Waals surface area (Å²) in [5.41, 5.74) is 6.19. The predicted octanol–water partition coefficient (Wildman–Crippen LogP) is 0.465. The standard InChI is InChI=1S/C18H26N6O4/c1-18(2,3)22-14(25)11-27-13-6-4-12(5-7-13)10-20-8-9-21-17(26)15-16(19)24-28-23-15/h4-7,20H,8-11H2,1-3H3,(H2,19,24)(H,21,26)(H,22,25). The van der Waals surface area contributed by atoms with Crippen molar-refractivity contribution in [2.45, 2.75) is 32.9 Å². The molecule has 10 heteroatoms. The summed E-state index contributed by atoms with van der Waals surface area (Å²) in [5.74, 6) is -0.0106. The van der Waals surface area contributed by atoms with E-state index >= 15 is 0 Å². The molecule has 0 fully saturated rings. The minimum atomic E-state index is -0.433. The maximum absolute atomic E-state index is 11.8. The molecule has 2 amide bonds. The lowest BCUT2D eigenvalue weighted by molar-refractivity contribution is -0.124. The van der Waals surface area contributed by atoms with Crippen molar-refractivity contribution in [1.29, 1.82) is 0 Å². The van der Waals surface area contributed by atoms with E-state index in [2.05, 4.69) is 30.9 Å². The Hall–Kier alpha value is -3.14. The fourth-order valence-corrected chi connectivity index (χ4v) is 2.24. The van der Waals surface area contributed by atoms with Crippen LogP contribution in [0, 0.1) is 0 Å². The number of nitrogens with two attached hydrogens (primary N) is 1. The van der Waals surface area contributed by atoms with Crippen LogP contribution in [-0.4, -0.2) is 47.4 Å². The molecular formula is C18H26N6O4. The molecule has 5 N–H and O–H groups in total. The summed E-state index contributed by atoms with van der Waals surface area (Å²) >= 11 is 0. The maximum Gasteiger partial charge on any atom is 0.277 e. The number of nitrogen functional groups attached to an aromatic ring is 1. The van der Waals surface area contributed by atoms with E-state index in [4.69, 9.17) is 10.5 Å². The van der Waals surface area contributed by atoms with Crippen molar-refractivity contribution in [2.75, 3.05) is 25.4 Å². The van der Waals surface area contributed by atoms with Crippen molar-refractivity contribution in [3.8, 4) is 5.75 Å². The first-order valence-electron chi connectivity index (χ1n) is 8.84. The number of nitrogens with one attached hydrogen (secondary N) is 3. The van der Waals surface area contributed by atoms with Gasteiger partial charge in [0.2, 0.25) is 11.5 Å². The van der Waals surface area contributed by atoms with Gasteiger partial charge >= 0.3 is 0 Å². The van der Waals surface area contributed by atoms with E-state index in [0.717, 1.165) is 5.56 Å². The lowest BCUT2D eigenvalue weighted by Gasteiger charge is -2.20. The number of anilines is 1. The molecule has 0 unspecified atom stereocenters. The zero-order valence-corrected chi connectivity index (χ0v) is 16.2. The highest BCUT2D eigenvalue weighted by atomic mass is 16.6. The summed E-state index contributed by atoms with van der Waals surface area (Å²) < 4.78 is 9.85. The minimum Gasteiger partial charge on any atom is -0.484 e. The summed E-state index contributed by atoms with van der Waals surface area (Å²) in [6, 6.07) is 7.43. The van der Waals surface area contributed by atoms with Crippen molar-refractivity contribution >= 4 is 17.6 Å². The van der Waals surface area contributed by atoms with Crippen LogP contribution in [0.5, 0.6) is 5.75 Å². The molecule has 1 aromatic heterocycles. The molecule has 0 atom stereocenters. The largest absolute Gasteiger partial charge is 0.484 e. The van der Waals surface area contributed by atoms with Gasteiger partial charge in [-0.2, -0.15) is 0 Å². The van der Waals surface area contributed by atoms with Crippen molar-refractivity contribution in [3.63, 3.8) is 0 Å². The molecule has 2 aromatic rings. The molecule has 152 valence electrons. The quantitative estimate of drug-likeness (QED) is 0.452. The molecule has 0 radical (unpaired) electrons. The number of carbonyl (C=O) groups excluding carboxylic acids is 2. The van der Waals surface area contributed by atoms with Gasteiger partial charge in [0.25, 0.3) is 11.8 Å². The first-order valence-corrected chi connectivity index (χ1v) is 8.84. The lowest BCUT2D eigenvalue weighted by atomic mass is 10.1. The van der Waals surface area contributed by atoms with Gasteiger partial charge in [0.1, 0.15) is 5.75 Å². The molecule has 0 aliphatic heterocycles. The normalized spacial score (nSPS) is 11.1. The van der Waals surface area contributed by atoms with Gasteiger partial charge in [-0.15, -0.1) is 0 Å². The van der Waals surface area contributed by atoms with Crippen LogP contribution in [0.1, 0.15) is 36.8 Å². The number of hydrogen-bond donors (Lipinski definition) is 4. The van der Waals surface area contributed by atoms with E-state index in [9.17, 15) is 9.59 Å². The Labute approximate surface area is 163 Å². The number of carbonyl (C=O) groups is 2. The van der Waals surface area contributed by atoms with E-state index in [1.165, 1.54) is 0 Å². The van der Waals surface area contributed by atoms with Gasteiger partial charge in [-0.1, -0.05) is 12.1 Å². The van der Waals surface area contributed by atoms with Crippen molar-refractivity contribution in [1.82, 2.24) is 26.3 Å². The number of aromatic nitrogens is 2. The number of nitrogens with zero attached hydrogens (tertiary/aromatic N) is 2. The van der Waals surface area contributed by atoms with Crippen LogP contribution in [0.15, 0.2) is 28.9 Å². The highest BCUT2D eigenvalue weighted by Crippen LogP contribution is 2.12. The molecule has 0 saturated heterocycles. The summed E-state index contributed by atoms with van der Waals surface area (Å²) in [5, 5.41) is 15.5. The maximum atomic E-state index is 11.8. The molecular weight excluding hydrogens is 364 g/mol. The summed E-state index contributed by atoms with van der Waals surface area (Å²) in [6.45, 7) is 7.29. The molecule has 10 nitrogen and oxygen atoms in total. The molecule has 1 aromatic carbocycles. The van der Waals surface area contributed by atoms with E-state index in [0.29, 0.717) is 25.4 Å². The number of ether oxygens (including phenoxy) is 1.